The number of amides is 1. The molecule has 0 saturated carbocycles. The molecule has 2 heterocycles. The van der Waals surface area contributed by atoms with Gasteiger partial charge in [-0.1, -0.05) is 59.1 Å². The van der Waals surface area contributed by atoms with Gasteiger partial charge in [-0.25, -0.2) is 8.42 Å². The van der Waals surface area contributed by atoms with Crippen LogP contribution in [0.25, 0.3) is 11.3 Å². The first-order valence-electron chi connectivity index (χ1n) is 12.0. The molecular formula is C28H25Cl2N3O4S. The molecule has 1 N–H and O–H groups in total. The van der Waals surface area contributed by atoms with E-state index < -0.39 is 15.9 Å². The molecule has 5 rings (SSSR count). The van der Waals surface area contributed by atoms with Gasteiger partial charge in [0.15, 0.2) is 5.76 Å². The van der Waals surface area contributed by atoms with Gasteiger partial charge in [0.2, 0.25) is 10.0 Å². The molecule has 0 radical (unpaired) electrons. The lowest BCUT2D eigenvalue weighted by molar-refractivity contribution is 0.0997. The van der Waals surface area contributed by atoms with E-state index in [1.807, 2.05) is 24.0 Å². The Labute approximate surface area is 231 Å². The number of benzene rings is 3. The highest BCUT2D eigenvalue weighted by molar-refractivity contribution is 7.89. The van der Waals surface area contributed by atoms with Gasteiger partial charge >= 0.3 is 0 Å². The summed E-state index contributed by atoms with van der Waals surface area (Å²) < 4.78 is 33.5. The van der Waals surface area contributed by atoms with Crippen LogP contribution >= 0.6 is 23.2 Å². The Kier molecular flexibility index (Phi) is 7.49. The maximum atomic E-state index is 13.1. The zero-order valence-corrected chi connectivity index (χ0v) is 22.9. The first-order valence-corrected chi connectivity index (χ1v) is 14.2. The minimum absolute atomic E-state index is 0.139. The minimum Gasteiger partial charge on any atom is -0.451 e. The highest BCUT2D eigenvalue weighted by atomic mass is 35.5. The number of nitrogens with one attached hydrogen (secondary N) is 1. The van der Waals surface area contributed by atoms with E-state index in [4.69, 9.17) is 27.6 Å². The average molecular weight is 570 g/mol. The van der Waals surface area contributed by atoms with E-state index in [0.717, 1.165) is 11.1 Å². The summed E-state index contributed by atoms with van der Waals surface area (Å²) in [5.41, 5.74) is 2.91. The summed E-state index contributed by atoms with van der Waals surface area (Å²) in [5, 5.41) is 3.92. The topological polar surface area (TPSA) is 82.9 Å². The summed E-state index contributed by atoms with van der Waals surface area (Å²) in [6.07, 6.45) is 0. The van der Waals surface area contributed by atoms with Gasteiger partial charge < -0.3 is 14.6 Å². The quantitative estimate of drug-likeness (QED) is 0.293. The lowest BCUT2D eigenvalue weighted by Crippen LogP contribution is -2.49. The van der Waals surface area contributed by atoms with Crippen LogP contribution in [0.1, 0.15) is 16.1 Å². The van der Waals surface area contributed by atoms with Crippen LogP contribution < -0.4 is 10.2 Å². The van der Waals surface area contributed by atoms with Crippen LogP contribution in [-0.2, 0) is 10.0 Å². The number of carbonyl (C=O) groups is 1. The molecule has 1 aromatic heterocycles. The molecule has 0 unspecified atom stereocenters. The van der Waals surface area contributed by atoms with Crippen LogP contribution in [-0.4, -0.2) is 44.8 Å². The van der Waals surface area contributed by atoms with Crippen LogP contribution in [0.3, 0.4) is 0 Å². The van der Waals surface area contributed by atoms with Crippen molar-refractivity contribution in [3.8, 4) is 11.3 Å². The molecule has 4 aromatic rings. The van der Waals surface area contributed by atoms with Crippen molar-refractivity contribution in [1.29, 1.82) is 0 Å². The number of anilines is 2. The number of para-hydroxylation sites is 1. The Bertz CT molecular complexity index is 1580. The first-order chi connectivity index (χ1) is 18.2. The summed E-state index contributed by atoms with van der Waals surface area (Å²) in [7, 11) is -3.60. The van der Waals surface area contributed by atoms with Crippen molar-refractivity contribution in [3.05, 3.63) is 100 Å². The number of rotatable bonds is 6. The van der Waals surface area contributed by atoms with Crippen molar-refractivity contribution >= 4 is 50.5 Å². The van der Waals surface area contributed by atoms with Crippen LogP contribution in [0.5, 0.6) is 0 Å². The summed E-state index contributed by atoms with van der Waals surface area (Å²) in [6, 6.07) is 22.6. The number of carbonyl (C=O) groups excluding carboxylic acids is 1. The summed E-state index contributed by atoms with van der Waals surface area (Å²) >= 11 is 12.6. The number of piperazine rings is 1. The Morgan fingerprint density at radius 2 is 1.61 bits per heavy atom. The van der Waals surface area contributed by atoms with Gasteiger partial charge in [0.05, 0.1) is 21.3 Å². The third kappa shape index (κ3) is 5.44. The number of hydrogen-bond donors (Lipinski definition) is 1. The molecule has 1 fully saturated rings. The fourth-order valence-electron chi connectivity index (χ4n) is 4.39. The van der Waals surface area contributed by atoms with Crippen molar-refractivity contribution in [1.82, 2.24) is 4.31 Å². The fourth-order valence-corrected chi connectivity index (χ4v) is 6.30. The molecule has 1 aliphatic rings. The van der Waals surface area contributed by atoms with E-state index in [1.165, 1.54) is 4.31 Å². The second kappa shape index (κ2) is 10.8. The van der Waals surface area contributed by atoms with E-state index in [0.29, 0.717) is 40.3 Å². The van der Waals surface area contributed by atoms with Crippen molar-refractivity contribution in [2.24, 2.45) is 0 Å². The Hall–Kier alpha value is -3.30. The SMILES string of the molecule is Cc1ccc(S(=O)(=O)N2CCN(c3c(Cl)cccc3NC(=O)c3ccc(-c4cccc(Cl)c4)o3)CC2)cc1. The smallest absolute Gasteiger partial charge is 0.291 e. The monoisotopic (exact) mass is 569 g/mol. The zero-order chi connectivity index (χ0) is 26.9. The van der Waals surface area contributed by atoms with Gasteiger partial charge in [0, 0.05) is 36.8 Å². The number of aryl methyl sites for hydroxylation is 1. The van der Waals surface area contributed by atoms with Crippen LogP contribution in [0.2, 0.25) is 10.0 Å². The molecular weight excluding hydrogens is 545 g/mol. The lowest BCUT2D eigenvalue weighted by Gasteiger charge is -2.36. The minimum atomic E-state index is -3.60. The molecule has 0 atom stereocenters. The lowest BCUT2D eigenvalue weighted by atomic mass is 10.2. The van der Waals surface area contributed by atoms with Crippen molar-refractivity contribution in [2.45, 2.75) is 11.8 Å². The maximum absolute atomic E-state index is 13.1. The standard InChI is InChI=1S/C28H25Cl2N3O4S/c1-19-8-10-22(11-9-19)38(35,36)33-16-14-32(15-17-33)27-23(30)6-3-7-24(27)31-28(34)26-13-12-25(37-26)20-4-2-5-21(29)18-20/h2-13,18H,14-17H2,1H3,(H,31,34). The van der Waals surface area contributed by atoms with Gasteiger partial charge in [-0.2, -0.15) is 4.31 Å². The normalized spacial score (nSPS) is 14.4. The largest absolute Gasteiger partial charge is 0.451 e. The number of hydrogen-bond acceptors (Lipinski definition) is 5. The highest BCUT2D eigenvalue weighted by Gasteiger charge is 2.30. The van der Waals surface area contributed by atoms with E-state index in [-0.39, 0.29) is 23.7 Å². The number of nitrogens with zero attached hydrogens (tertiary/aromatic N) is 2. The van der Waals surface area contributed by atoms with Gasteiger partial charge in [-0.05, 0) is 55.5 Å². The van der Waals surface area contributed by atoms with Crippen molar-refractivity contribution in [3.63, 3.8) is 0 Å². The molecule has 0 aliphatic carbocycles. The molecule has 7 nitrogen and oxygen atoms in total. The van der Waals surface area contributed by atoms with Gasteiger partial charge in [-0.3, -0.25) is 4.79 Å². The number of sulfonamides is 1. The van der Waals surface area contributed by atoms with Gasteiger partial charge in [0.1, 0.15) is 5.76 Å². The molecule has 0 spiro atoms. The van der Waals surface area contributed by atoms with Crippen LogP contribution in [0, 0.1) is 6.92 Å². The van der Waals surface area contributed by atoms with E-state index in [9.17, 15) is 13.2 Å². The second-order valence-corrected chi connectivity index (χ2v) is 11.8. The molecule has 1 saturated heterocycles. The predicted molar refractivity (Wildman–Crippen MR) is 151 cm³/mol. The van der Waals surface area contributed by atoms with E-state index in [1.54, 1.807) is 66.7 Å². The highest BCUT2D eigenvalue weighted by Crippen LogP contribution is 2.36. The molecule has 1 amide bonds. The third-order valence-electron chi connectivity index (χ3n) is 6.39. The third-order valence-corrected chi connectivity index (χ3v) is 8.84. The van der Waals surface area contributed by atoms with E-state index >= 15 is 0 Å². The van der Waals surface area contributed by atoms with Gasteiger partial charge in [-0.15, -0.1) is 0 Å². The Morgan fingerprint density at radius 3 is 2.32 bits per heavy atom. The molecule has 0 bridgehead atoms. The predicted octanol–water partition coefficient (Wildman–Crippen LogP) is 6.33. The summed E-state index contributed by atoms with van der Waals surface area (Å²) in [5.74, 6) is 0.233. The molecule has 196 valence electrons. The molecule has 38 heavy (non-hydrogen) atoms. The molecule has 3 aromatic carbocycles. The molecule has 10 heteroatoms. The number of furan rings is 1. The fraction of sp³-hybridized carbons (Fsp3) is 0.179. The maximum Gasteiger partial charge on any atom is 0.291 e. The zero-order valence-electron chi connectivity index (χ0n) is 20.5. The van der Waals surface area contributed by atoms with E-state index in [2.05, 4.69) is 5.32 Å². The first kappa shape index (κ1) is 26.3. The molecule has 1 aliphatic heterocycles. The average Bonchev–Trinajstić information content (AvgIpc) is 3.40. The Balaban J connectivity index is 1.31. The Morgan fingerprint density at radius 1 is 0.895 bits per heavy atom. The summed E-state index contributed by atoms with van der Waals surface area (Å²) in [6.45, 7) is 3.32. The second-order valence-electron chi connectivity index (χ2n) is 8.97. The summed E-state index contributed by atoms with van der Waals surface area (Å²) in [4.78, 5) is 15.3. The van der Waals surface area contributed by atoms with Crippen LogP contribution in [0.4, 0.5) is 11.4 Å². The van der Waals surface area contributed by atoms with Gasteiger partial charge in [0.25, 0.3) is 5.91 Å². The van der Waals surface area contributed by atoms with Crippen molar-refractivity contribution < 1.29 is 17.6 Å². The number of halogens is 2. The van der Waals surface area contributed by atoms with Crippen LogP contribution in [0.15, 0.2) is 88.2 Å². The van der Waals surface area contributed by atoms with Crippen molar-refractivity contribution in [2.75, 3.05) is 36.4 Å².